The Morgan fingerprint density at radius 2 is 1.95 bits per heavy atom. The number of hydrogen-bond acceptors (Lipinski definition) is 3. The first-order valence-electron chi connectivity index (χ1n) is 5.63. The van der Waals surface area contributed by atoms with Gasteiger partial charge in [-0.25, -0.2) is 4.79 Å². The van der Waals surface area contributed by atoms with Crippen molar-refractivity contribution in [1.29, 1.82) is 0 Å². The van der Waals surface area contributed by atoms with E-state index in [-0.39, 0.29) is 23.2 Å². The van der Waals surface area contributed by atoms with E-state index in [9.17, 15) is 27.9 Å². The molecule has 8 heteroatoms. The van der Waals surface area contributed by atoms with Gasteiger partial charge in [-0.3, -0.25) is 4.79 Å². The molecule has 0 radical (unpaired) electrons. The minimum Gasteiger partial charge on any atom is -0.478 e. The van der Waals surface area contributed by atoms with Crippen LogP contribution >= 0.6 is 0 Å². The molecular formula is C12H10F3NO4. The number of carbonyl (C=O) groups excluding carboxylic acids is 1. The summed E-state index contributed by atoms with van der Waals surface area (Å²) >= 11 is 0. The van der Waals surface area contributed by atoms with E-state index in [1.807, 2.05) is 0 Å². The zero-order chi connectivity index (χ0) is 15.1. The Morgan fingerprint density at radius 3 is 2.50 bits per heavy atom. The molecular weight excluding hydrogens is 279 g/mol. The van der Waals surface area contributed by atoms with Crippen LogP contribution in [-0.2, 0) is 11.2 Å². The van der Waals surface area contributed by atoms with Crippen LogP contribution in [0, 0.1) is 0 Å². The third-order valence-corrected chi connectivity index (χ3v) is 2.95. The molecule has 108 valence electrons. The van der Waals surface area contributed by atoms with Crippen molar-refractivity contribution in [3.05, 3.63) is 29.3 Å². The molecule has 2 rings (SSSR count). The Bertz CT molecular complexity index is 570. The van der Waals surface area contributed by atoms with Crippen molar-refractivity contribution in [2.24, 2.45) is 0 Å². The van der Waals surface area contributed by atoms with Gasteiger partial charge < -0.3 is 15.1 Å². The molecule has 1 atom stereocenters. The molecule has 1 aliphatic heterocycles. The fourth-order valence-corrected chi connectivity index (χ4v) is 2.12. The maximum absolute atomic E-state index is 12.5. The molecule has 1 heterocycles. The van der Waals surface area contributed by atoms with Crippen molar-refractivity contribution in [2.45, 2.75) is 18.7 Å². The summed E-state index contributed by atoms with van der Waals surface area (Å²) in [4.78, 5) is 22.6. The average Bonchev–Trinajstić information content (AvgIpc) is 2.34. The zero-order valence-electron chi connectivity index (χ0n) is 10.0. The van der Waals surface area contributed by atoms with Gasteiger partial charge in [0.05, 0.1) is 18.2 Å². The summed E-state index contributed by atoms with van der Waals surface area (Å²) in [5.41, 5.74) is 0.0566. The molecule has 1 aliphatic rings. The highest BCUT2D eigenvalue weighted by Gasteiger charge is 2.45. The topological polar surface area (TPSA) is 77.8 Å². The van der Waals surface area contributed by atoms with Crippen molar-refractivity contribution in [1.82, 2.24) is 0 Å². The summed E-state index contributed by atoms with van der Waals surface area (Å²) in [7, 11) is 0. The van der Waals surface area contributed by atoms with Crippen LogP contribution in [0.3, 0.4) is 0 Å². The van der Waals surface area contributed by atoms with Crippen LogP contribution in [0.5, 0.6) is 0 Å². The largest absolute Gasteiger partial charge is 0.478 e. The fraction of sp³-hybridized carbons (Fsp3) is 0.333. The highest BCUT2D eigenvalue weighted by molar-refractivity contribution is 5.99. The lowest BCUT2D eigenvalue weighted by Gasteiger charge is -2.32. The van der Waals surface area contributed by atoms with Crippen LogP contribution in [-0.4, -0.2) is 40.9 Å². The molecule has 0 bridgehead atoms. The number of carboxylic acid groups (broad SMARTS) is 1. The number of fused-ring (bicyclic) bond motifs is 1. The van der Waals surface area contributed by atoms with Crippen LogP contribution in [0.15, 0.2) is 18.2 Å². The van der Waals surface area contributed by atoms with Crippen LogP contribution in [0.4, 0.5) is 18.9 Å². The van der Waals surface area contributed by atoms with Crippen molar-refractivity contribution < 1.29 is 33.0 Å². The molecule has 0 saturated carbocycles. The summed E-state index contributed by atoms with van der Waals surface area (Å²) in [6.07, 6.45) is -6.23. The molecule has 0 spiro atoms. The number of rotatable bonds is 1. The Labute approximate surface area is 111 Å². The molecule has 2 N–H and O–H groups in total. The fourth-order valence-electron chi connectivity index (χ4n) is 2.12. The molecule has 0 saturated heterocycles. The number of aliphatic hydroxyl groups excluding tert-OH is 1. The standard InChI is InChI=1S/C12H10F3NO4/c13-12(14,15)11(20)16-5-8(17)4-7-3-6(10(18)19)1-2-9(7)16/h1-3,8,17H,4-5H2,(H,18,19). The van der Waals surface area contributed by atoms with E-state index in [0.29, 0.717) is 4.90 Å². The molecule has 1 aromatic rings. The van der Waals surface area contributed by atoms with Gasteiger partial charge in [-0.1, -0.05) is 0 Å². The van der Waals surface area contributed by atoms with Crippen molar-refractivity contribution in [3.63, 3.8) is 0 Å². The van der Waals surface area contributed by atoms with Crippen molar-refractivity contribution in [2.75, 3.05) is 11.4 Å². The quantitative estimate of drug-likeness (QED) is 0.814. The maximum atomic E-state index is 12.5. The molecule has 1 unspecified atom stereocenters. The monoisotopic (exact) mass is 289 g/mol. The average molecular weight is 289 g/mol. The second kappa shape index (κ2) is 4.78. The number of alkyl halides is 3. The Morgan fingerprint density at radius 1 is 1.30 bits per heavy atom. The lowest BCUT2D eigenvalue weighted by atomic mass is 9.97. The van der Waals surface area contributed by atoms with Crippen LogP contribution in [0.25, 0.3) is 0 Å². The predicted molar refractivity (Wildman–Crippen MR) is 61.5 cm³/mol. The van der Waals surface area contributed by atoms with Crippen LogP contribution in [0.1, 0.15) is 15.9 Å². The Balaban J connectivity index is 2.46. The first kappa shape index (κ1) is 14.3. The van der Waals surface area contributed by atoms with Gasteiger partial charge in [0.25, 0.3) is 0 Å². The van der Waals surface area contributed by atoms with Gasteiger partial charge in [-0.2, -0.15) is 13.2 Å². The lowest BCUT2D eigenvalue weighted by molar-refractivity contribution is -0.170. The van der Waals surface area contributed by atoms with Crippen LogP contribution < -0.4 is 4.90 Å². The van der Waals surface area contributed by atoms with Gasteiger partial charge in [0.1, 0.15) is 0 Å². The number of hydrogen-bond donors (Lipinski definition) is 2. The lowest BCUT2D eigenvalue weighted by Crippen LogP contribution is -2.48. The van der Waals surface area contributed by atoms with Gasteiger partial charge in [-0.05, 0) is 23.8 Å². The number of β-amino-alcohol motifs (C(OH)–C–C–N with tert-alkyl or cyclic N) is 1. The second-order valence-electron chi connectivity index (χ2n) is 4.42. The minimum absolute atomic E-state index is 0.00189. The zero-order valence-corrected chi connectivity index (χ0v) is 10.0. The van der Waals surface area contributed by atoms with E-state index in [4.69, 9.17) is 5.11 Å². The molecule has 0 aliphatic carbocycles. The Hall–Kier alpha value is -2.09. The van der Waals surface area contributed by atoms with Gasteiger partial charge in [0, 0.05) is 12.1 Å². The van der Waals surface area contributed by atoms with Gasteiger partial charge in [0.2, 0.25) is 0 Å². The number of aromatic carboxylic acids is 1. The van der Waals surface area contributed by atoms with Crippen molar-refractivity contribution >= 4 is 17.6 Å². The summed E-state index contributed by atoms with van der Waals surface area (Å²) < 4.78 is 37.5. The summed E-state index contributed by atoms with van der Waals surface area (Å²) in [5.74, 6) is -3.32. The molecule has 0 fully saturated rings. The third-order valence-electron chi connectivity index (χ3n) is 2.95. The number of carboxylic acids is 1. The van der Waals surface area contributed by atoms with E-state index in [0.717, 1.165) is 18.2 Å². The normalized spacial score (nSPS) is 18.6. The number of carbonyl (C=O) groups is 2. The first-order chi connectivity index (χ1) is 9.20. The molecule has 20 heavy (non-hydrogen) atoms. The van der Waals surface area contributed by atoms with E-state index < -0.39 is 30.7 Å². The van der Waals surface area contributed by atoms with Gasteiger partial charge in [0.15, 0.2) is 0 Å². The summed E-state index contributed by atoms with van der Waals surface area (Å²) in [6.45, 7) is -0.474. The highest BCUT2D eigenvalue weighted by Crippen LogP contribution is 2.31. The SMILES string of the molecule is O=C(O)c1ccc2c(c1)CC(O)CN2C(=O)C(F)(F)F. The van der Waals surface area contributed by atoms with E-state index in [1.54, 1.807) is 0 Å². The summed E-state index contributed by atoms with van der Waals surface area (Å²) in [5, 5.41) is 18.4. The number of anilines is 1. The number of benzene rings is 1. The van der Waals surface area contributed by atoms with Gasteiger partial charge >= 0.3 is 18.1 Å². The molecule has 1 aromatic carbocycles. The number of halogens is 3. The number of amides is 1. The second-order valence-corrected chi connectivity index (χ2v) is 4.42. The summed E-state index contributed by atoms with van der Waals surface area (Å²) in [6, 6.07) is 3.43. The molecule has 0 aromatic heterocycles. The van der Waals surface area contributed by atoms with E-state index in [2.05, 4.69) is 0 Å². The van der Waals surface area contributed by atoms with Gasteiger partial charge in [-0.15, -0.1) is 0 Å². The highest BCUT2D eigenvalue weighted by atomic mass is 19.4. The van der Waals surface area contributed by atoms with E-state index >= 15 is 0 Å². The molecule has 1 amide bonds. The number of aliphatic hydroxyl groups is 1. The maximum Gasteiger partial charge on any atom is 0.471 e. The number of nitrogens with zero attached hydrogens (tertiary/aromatic N) is 1. The minimum atomic E-state index is -5.06. The predicted octanol–water partition coefficient (Wildman–Crippen LogP) is 1.20. The smallest absolute Gasteiger partial charge is 0.471 e. The molecule has 5 nitrogen and oxygen atoms in total. The Kier molecular flexibility index (Phi) is 3.43. The van der Waals surface area contributed by atoms with Crippen LogP contribution in [0.2, 0.25) is 0 Å². The van der Waals surface area contributed by atoms with E-state index in [1.165, 1.54) is 0 Å². The first-order valence-corrected chi connectivity index (χ1v) is 5.63. The van der Waals surface area contributed by atoms with Crippen molar-refractivity contribution in [3.8, 4) is 0 Å². The third kappa shape index (κ3) is 2.60.